The van der Waals surface area contributed by atoms with Crippen LogP contribution in [0.2, 0.25) is 0 Å². The van der Waals surface area contributed by atoms with Gasteiger partial charge in [-0.3, -0.25) is 0 Å². The van der Waals surface area contributed by atoms with Crippen LogP contribution in [0.3, 0.4) is 0 Å². The van der Waals surface area contributed by atoms with Gasteiger partial charge < -0.3 is 29.9 Å². The van der Waals surface area contributed by atoms with Crippen LogP contribution < -0.4 is 9.47 Å². The molecule has 0 aliphatic rings. The Morgan fingerprint density at radius 2 is 1.09 bits per heavy atom. The Hall–Kier alpha value is -5.69. The Morgan fingerprint density at radius 1 is 0.605 bits per heavy atom. The van der Waals surface area contributed by atoms with E-state index >= 15 is 0 Å². The summed E-state index contributed by atoms with van der Waals surface area (Å²) in [6.07, 6.45) is 0. The molecule has 0 aromatic heterocycles. The lowest BCUT2D eigenvalue weighted by Crippen LogP contribution is -2.56. The third kappa shape index (κ3) is 7.54. The van der Waals surface area contributed by atoms with E-state index in [1.165, 1.54) is 42.5 Å². The molecular formula is C30H24O12S. The molecule has 0 saturated carbocycles. The van der Waals surface area contributed by atoms with E-state index in [0.717, 1.165) is 12.1 Å². The highest BCUT2D eigenvalue weighted by Crippen LogP contribution is 2.27. The van der Waals surface area contributed by atoms with Crippen LogP contribution in [0.25, 0.3) is 0 Å². The van der Waals surface area contributed by atoms with Crippen LogP contribution in [0.5, 0.6) is 11.5 Å². The van der Waals surface area contributed by atoms with Gasteiger partial charge in [0.2, 0.25) is 9.84 Å². The second-order valence-corrected chi connectivity index (χ2v) is 10.5. The zero-order chi connectivity index (χ0) is 31.6. The lowest BCUT2D eigenvalue weighted by Gasteiger charge is -2.26. The molecule has 0 atom stereocenters. The summed E-state index contributed by atoms with van der Waals surface area (Å²) in [5.74, 6) is -5.91. The van der Waals surface area contributed by atoms with Crippen molar-refractivity contribution in [3.05, 3.63) is 120 Å². The molecule has 4 aromatic carbocycles. The van der Waals surface area contributed by atoms with Gasteiger partial charge in [-0.25, -0.2) is 27.6 Å². The first-order chi connectivity index (χ1) is 20.4. The van der Waals surface area contributed by atoms with Gasteiger partial charge in [0.15, 0.2) is 6.61 Å². The zero-order valence-electron chi connectivity index (χ0n) is 22.1. The number of para-hydroxylation sites is 2. The largest absolute Gasteiger partial charge is 0.488 e. The van der Waals surface area contributed by atoms with Crippen molar-refractivity contribution in [3.8, 4) is 11.5 Å². The molecule has 0 spiro atoms. The third-order valence-corrected chi connectivity index (χ3v) is 7.54. The number of aliphatic carboxylic acids is 2. The summed E-state index contributed by atoms with van der Waals surface area (Å²) < 4.78 is 35.5. The molecule has 0 amide bonds. The van der Waals surface area contributed by atoms with Crippen LogP contribution in [0.4, 0.5) is 0 Å². The number of ether oxygens (including phenoxy) is 2. The van der Waals surface area contributed by atoms with Gasteiger partial charge in [-0.2, -0.15) is 0 Å². The van der Waals surface area contributed by atoms with Gasteiger partial charge in [-0.05, 0) is 48.5 Å². The van der Waals surface area contributed by atoms with Crippen molar-refractivity contribution >= 4 is 33.7 Å². The van der Waals surface area contributed by atoms with Crippen LogP contribution in [0, 0.1) is 0 Å². The number of rotatable bonds is 11. The number of carboxylic acids is 4. The molecule has 0 unspecified atom stereocenters. The van der Waals surface area contributed by atoms with E-state index in [1.807, 2.05) is 0 Å². The highest BCUT2D eigenvalue weighted by Gasteiger charge is 2.51. The number of carbonyl (C=O) groups is 4. The third-order valence-electron chi connectivity index (χ3n) is 5.73. The molecule has 4 rings (SSSR count). The lowest BCUT2D eigenvalue weighted by atomic mass is 10.1. The lowest BCUT2D eigenvalue weighted by molar-refractivity contribution is -0.175. The quantitative estimate of drug-likeness (QED) is 0.179. The van der Waals surface area contributed by atoms with E-state index < -0.39 is 61.9 Å². The Balaban J connectivity index is 0.000000236. The van der Waals surface area contributed by atoms with Gasteiger partial charge in [0, 0.05) is 0 Å². The SMILES string of the molecule is O=C(O)C(COc1ccccc1)(Oc1ccccc1)C(=O)O.O=C(O)c1cccc(S(=O)(=O)c2ccccc2)c1C(=O)O. The fraction of sp³-hybridized carbons (Fsp3) is 0.0667. The van der Waals surface area contributed by atoms with Gasteiger partial charge in [0.25, 0.3) is 0 Å². The minimum Gasteiger partial charge on any atom is -0.488 e. The molecule has 222 valence electrons. The molecule has 0 heterocycles. The number of carboxylic acid groups (broad SMARTS) is 4. The van der Waals surface area contributed by atoms with E-state index in [1.54, 1.807) is 54.6 Å². The van der Waals surface area contributed by atoms with Crippen molar-refractivity contribution < 1.29 is 57.5 Å². The van der Waals surface area contributed by atoms with Gasteiger partial charge in [0.1, 0.15) is 11.5 Å². The summed E-state index contributed by atoms with van der Waals surface area (Å²) in [4.78, 5) is 44.7. The average molecular weight is 609 g/mol. The number of hydrogen-bond donors (Lipinski definition) is 4. The highest BCUT2D eigenvalue weighted by atomic mass is 32.2. The van der Waals surface area contributed by atoms with Crippen molar-refractivity contribution in [2.75, 3.05) is 6.61 Å². The first-order valence-corrected chi connectivity index (χ1v) is 13.7. The Labute approximate surface area is 244 Å². The van der Waals surface area contributed by atoms with E-state index in [0.29, 0.717) is 5.75 Å². The maximum absolute atomic E-state index is 12.5. The van der Waals surface area contributed by atoms with Crippen LogP contribution in [0.15, 0.2) is 119 Å². The van der Waals surface area contributed by atoms with Crippen molar-refractivity contribution in [2.45, 2.75) is 15.4 Å². The van der Waals surface area contributed by atoms with Crippen LogP contribution in [-0.4, -0.2) is 64.9 Å². The normalized spacial score (nSPS) is 10.9. The van der Waals surface area contributed by atoms with Gasteiger partial charge in [-0.15, -0.1) is 0 Å². The smallest absolute Gasteiger partial charge is 0.363 e. The summed E-state index contributed by atoms with van der Waals surface area (Å²) in [7, 11) is -4.11. The molecular weight excluding hydrogens is 584 g/mol. The van der Waals surface area contributed by atoms with Crippen LogP contribution in [-0.2, 0) is 19.4 Å². The fourth-order valence-corrected chi connectivity index (χ4v) is 5.10. The molecule has 0 fully saturated rings. The molecule has 0 bridgehead atoms. The van der Waals surface area contributed by atoms with Gasteiger partial charge in [0.05, 0.1) is 20.9 Å². The first-order valence-electron chi connectivity index (χ1n) is 12.2. The Kier molecular flexibility index (Phi) is 10.2. The minimum absolute atomic E-state index is 0.102. The molecule has 0 radical (unpaired) electrons. The van der Waals surface area contributed by atoms with E-state index in [2.05, 4.69) is 0 Å². The molecule has 13 heteroatoms. The summed E-state index contributed by atoms with van der Waals surface area (Å²) in [6.45, 7) is -0.670. The monoisotopic (exact) mass is 608 g/mol. The molecule has 4 aromatic rings. The van der Waals surface area contributed by atoms with Crippen molar-refractivity contribution in [1.29, 1.82) is 0 Å². The van der Waals surface area contributed by atoms with Crippen LogP contribution >= 0.6 is 0 Å². The maximum Gasteiger partial charge on any atom is 0.363 e. The number of aromatic carboxylic acids is 2. The second-order valence-electron chi connectivity index (χ2n) is 8.56. The predicted molar refractivity (Wildman–Crippen MR) is 149 cm³/mol. The van der Waals surface area contributed by atoms with Gasteiger partial charge >= 0.3 is 29.5 Å². The number of hydrogen-bond acceptors (Lipinski definition) is 8. The molecule has 0 aliphatic heterocycles. The fourth-order valence-electron chi connectivity index (χ4n) is 3.60. The van der Waals surface area contributed by atoms with Crippen molar-refractivity contribution in [2.24, 2.45) is 0 Å². The van der Waals surface area contributed by atoms with Crippen molar-refractivity contribution in [3.63, 3.8) is 0 Å². The van der Waals surface area contributed by atoms with Gasteiger partial charge in [-0.1, -0.05) is 60.7 Å². The van der Waals surface area contributed by atoms with E-state index in [-0.39, 0.29) is 10.6 Å². The Morgan fingerprint density at radius 3 is 1.56 bits per heavy atom. The second kappa shape index (κ2) is 13.8. The van der Waals surface area contributed by atoms with Crippen LogP contribution in [0.1, 0.15) is 20.7 Å². The predicted octanol–water partition coefficient (Wildman–Crippen LogP) is 3.97. The molecule has 43 heavy (non-hydrogen) atoms. The van der Waals surface area contributed by atoms with E-state index in [4.69, 9.17) is 14.6 Å². The average Bonchev–Trinajstić information content (AvgIpc) is 3.00. The zero-order valence-corrected chi connectivity index (χ0v) is 22.9. The molecule has 12 nitrogen and oxygen atoms in total. The number of sulfone groups is 1. The molecule has 4 N–H and O–H groups in total. The molecule has 0 aliphatic carbocycles. The summed E-state index contributed by atoms with van der Waals surface area (Å²) in [5, 5.41) is 36.9. The number of benzene rings is 4. The summed E-state index contributed by atoms with van der Waals surface area (Å²) >= 11 is 0. The first kappa shape index (κ1) is 31.8. The van der Waals surface area contributed by atoms with Crippen molar-refractivity contribution in [1.82, 2.24) is 0 Å². The molecule has 0 saturated heterocycles. The summed E-state index contributed by atoms with van der Waals surface area (Å²) in [6, 6.07) is 26.8. The standard InChI is InChI=1S/C16H14O6.C14H10O6S/c17-14(18)16(15(19)20,22-13-9-5-2-6-10-13)11-21-12-7-3-1-4-8-12;15-13(16)10-7-4-8-11(12(10)14(17)18)21(19,20)9-5-2-1-3-6-9/h1-10H,11H2,(H,17,18)(H,19,20);1-8H,(H,15,16)(H,17,18). The minimum atomic E-state index is -4.11. The van der Waals surface area contributed by atoms with E-state index in [9.17, 15) is 42.9 Å². The highest BCUT2D eigenvalue weighted by molar-refractivity contribution is 7.91. The summed E-state index contributed by atoms with van der Waals surface area (Å²) in [5.41, 5.74) is -3.84. The Bertz CT molecular complexity index is 1690. The maximum atomic E-state index is 12.5. The topological polar surface area (TPSA) is 202 Å².